The lowest BCUT2D eigenvalue weighted by Crippen LogP contribution is -2.44. The number of carbonyl (C=O) groups excluding carboxylic acids is 1. The van der Waals surface area contributed by atoms with Crippen LogP contribution in [0.4, 0.5) is 4.79 Å². The minimum Gasteiger partial charge on any atom is -0.481 e. The minimum absolute atomic E-state index is 0.112. The minimum atomic E-state index is -0.831. The largest absolute Gasteiger partial charge is 0.481 e. The standard InChI is InChI=1S/C14H26N2O3/c1-4-7-16(12-5-6-12)14(19)15-9-11(13(17)18)8-10(2)3/h10-12H,4-9H2,1-3H3,(H,15,19)(H,17,18). The Morgan fingerprint density at radius 2 is 2.00 bits per heavy atom. The van der Waals surface area contributed by atoms with Crippen LogP contribution in [0.3, 0.4) is 0 Å². The molecule has 1 saturated carbocycles. The van der Waals surface area contributed by atoms with Gasteiger partial charge in [-0.15, -0.1) is 0 Å². The summed E-state index contributed by atoms with van der Waals surface area (Å²) in [6.45, 7) is 7.00. The molecule has 1 unspecified atom stereocenters. The molecule has 0 radical (unpaired) electrons. The number of aliphatic carboxylic acids is 1. The average molecular weight is 270 g/mol. The number of nitrogens with zero attached hydrogens (tertiary/aromatic N) is 1. The van der Waals surface area contributed by atoms with E-state index in [0.717, 1.165) is 25.8 Å². The molecule has 1 aliphatic carbocycles. The highest BCUT2D eigenvalue weighted by atomic mass is 16.4. The lowest BCUT2D eigenvalue weighted by molar-refractivity contribution is -0.142. The van der Waals surface area contributed by atoms with Gasteiger partial charge >= 0.3 is 12.0 Å². The fourth-order valence-electron chi connectivity index (χ4n) is 2.23. The van der Waals surface area contributed by atoms with Gasteiger partial charge in [-0.1, -0.05) is 20.8 Å². The van der Waals surface area contributed by atoms with Crippen molar-refractivity contribution in [2.75, 3.05) is 13.1 Å². The first-order chi connectivity index (χ1) is 8.95. The normalized spacial score (nSPS) is 16.2. The lowest BCUT2D eigenvalue weighted by atomic mass is 9.97. The Morgan fingerprint density at radius 3 is 2.42 bits per heavy atom. The molecule has 1 atom stereocenters. The van der Waals surface area contributed by atoms with Crippen LogP contribution >= 0.6 is 0 Å². The summed E-state index contributed by atoms with van der Waals surface area (Å²) in [4.78, 5) is 25.0. The van der Waals surface area contributed by atoms with Crippen LogP contribution in [0.2, 0.25) is 0 Å². The van der Waals surface area contributed by atoms with Crippen molar-refractivity contribution in [2.24, 2.45) is 11.8 Å². The number of hydrogen-bond acceptors (Lipinski definition) is 2. The van der Waals surface area contributed by atoms with E-state index in [0.29, 0.717) is 18.4 Å². The highest BCUT2D eigenvalue weighted by Crippen LogP contribution is 2.26. The molecule has 0 aromatic carbocycles. The second-order valence-corrected chi connectivity index (χ2v) is 5.78. The molecular weight excluding hydrogens is 244 g/mol. The van der Waals surface area contributed by atoms with Crippen molar-refractivity contribution in [3.8, 4) is 0 Å². The van der Waals surface area contributed by atoms with Gasteiger partial charge in [0.05, 0.1) is 5.92 Å². The Kier molecular flexibility index (Phi) is 6.12. The summed E-state index contributed by atoms with van der Waals surface area (Å²) in [5, 5.41) is 11.9. The van der Waals surface area contributed by atoms with Gasteiger partial charge in [0.1, 0.15) is 0 Å². The van der Waals surface area contributed by atoms with Crippen molar-refractivity contribution >= 4 is 12.0 Å². The van der Waals surface area contributed by atoms with Crippen LogP contribution in [-0.2, 0) is 4.79 Å². The first-order valence-electron chi connectivity index (χ1n) is 7.23. The quantitative estimate of drug-likeness (QED) is 0.711. The molecule has 0 saturated heterocycles. The van der Waals surface area contributed by atoms with Gasteiger partial charge in [-0.25, -0.2) is 4.79 Å². The van der Waals surface area contributed by atoms with Crippen molar-refractivity contribution in [3.05, 3.63) is 0 Å². The molecule has 1 rings (SSSR count). The van der Waals surface area contributed by atoms with Crippen LogP contribution in [0.5, 0.6) is 0 Å². The maximum atomic E-state index is 12.0. The summed E-state index contributed by atoms with van der Waals surface area (Å²) in [5.41, 5.74) is 0. The van der Waals surface area contributed by atoms with Gasteiger partial charge in [0.25, 0.3) is 0 Å². The van der Waals surface area contributed by atoms with E-state index in [2.05, 4.69) is 5.32 Å². The third-order valence-corrected chi connectivity index (χ3v) is 3.32. The van der Waals surface area contributed by atoms with Gasteiger partial charge < -0.3 is 15.3 Å². The molecule has 0 spiro atoms. The third-order valence-electron chi connectivity index (χ3n) is 3.32. The summed E-state index contributed by atoms with van der Waals surface area (Å²) in [7, 11) is 0. The topological polar surface area (TPSA) is 69.6 Å². The molecule has 110 valence electrons. The van der Waals surface area contributed by atoms with Crippen LogP contribution in [0.15, 0.2) is 0 Å². The summed E-state index contributed by atoms with van der Waals surface area (Å²) in [6.07, 6.45) is 3.66. The van der Waals surface area contributed by atoms with Crippen molar-refractivity contribution in [3.63, 3.8) is 0 Å². The third kappa shape index (κ3) is 5.49. The van der Waals surface area contributed by atoms with E-state index in [1.165, 1.54) is 0 Å². The van der Waals surface area contributed by atoms with Crippen molar-refractivity contribution in [1.29, 1.82) is 0 Å². The Bertz CT molecular complexity index is 314. The second-order valence-electron chi connectivity index (χ2n) is 5.78. The maximum absolute atomic E-state index is 12.0. The van der Waals surface area contributed by atoms with Crippen LogP contribution in [0.25, 0.3) is 0 Å². The number of carboxylic acids is 1. The number of urea groups is 1. The van der Waals surface area contributed by atoms with Gasteiger partial charge in [-0.3, -0.25) is 4.79 Å². The van der Waals surface area contributed by atoms with Gasteiger partial charge in [0.15, 0.2) is 0 Å². The van der Waals surface area contributed by atoms with Crippen molar-refractivity contribution in [2.45, 2.75) is 52.5 Å². The number of carboxylic acid groups (broad SMARTS) is 1. The van der Waals surface area contributed by atoms with Crippen LogP contribution in [0, 0.1) is 11.8 Å². The zero-order valence-corrected chi connectivity index (χ0v) is 12.2. The molecule has 19 heavy (non-hydrogen) atoms. The number of hydrogen-bond donors (Lipinski definition) is 2. The molecule has 0 heterocycles. The van der Waals surface area contributed by atoms with Gasteiger partial charge in [-0.2, -0.15) is 0 Å². The summed E-state index contributed by atoms with van der Waals surface area (Å²) in [6, 6.07) is 0.257. The van der Waals surface area contributed by atoms with E-state index in [9.17, 15) is 9.59 Å². The number of nitrogens with one attached hydrogen (secondary N) is 1. The molecule has 0 aromatic rings. The highest BCUT2D eigenvalue weighted by molar-refractivity contribution is 5.76. The first-order valence-corrected chi connectivity index (χ1v) is 7.23. The average Bonchev–Trinajstić information content (AvgIpc) is 3.14. The molecular formula is C14H26N2O3. The smallest absolute Gasteiger partial charge is 0.317 e. The Balaban J connectivity index is 2.43. The summed E-state index contributed by atoms with van der Waals surface area (Å²) >= 11 is 0. The lowest BCUT2D eigenvalue weighted by Gasteiger charge is -2.23. The summed E-state index contributed by atoms with van der Waals surface area (Å²) in [5.74, 6) is -1.01. The number of carbonyl (C=O) groups is 2. The fourth-order valence-corrected chi connectivity index (χ4v) is 2.23. The Morgan fingerprint density at radius 1 is 1.37 bits per heavy atom. The van der Waals surface area contributed by atoms with Crippen molar-refractivity contribution in [1.82, 2.24) is 10.2 Å². The zero-order valence-electron chi connectivity index (χ0n) is 12.2. The Hall–Kier alpha value is -1.26. The van der Waals surface area contributed by atoms with E-state index in [1.807, 2.05) is 25.7 Å². The number of amides is 2. The molecule has 1 fully saturated rings. The predicted octanol–water partition coefficient (Wildman–Crippen LogP) is 2.32. The fraction of sp³-hybridized carbons (Fsp3) is 0.857. The molecule has 1 aliphatic rings. The molecule has 0 aromatic heterocycles. The van der Waals surface area contributed by atoms with Crippen molar-refractivity contribution < 1.29 is 14.7 Å². The molecule has 2 N–H and O–H groups in total. The van der Waals surface area contributed by atoms with Gasteiger partial charge in [0, 0.05) is 19.1 Å². The second kappa shape index (κ2) is 7.36. The molecule has 2 amide bonds. The monoisotopic (exact) mass is 270 g/mol. The van der Waals surface area contributed by atoms with E-state index < -0.39 is 11.9 Å². The molecule has 5 nitrogen and oxygen atoms in total. The maximum Gasteiger partial charge on any atom is 0.317 e. The Labute approximate surface area is 115 Å². The van der Waals surface area contributed by atoms with E-state index >= 15 is 0 Å². The first kappa shape index (κ1) is 15.8. The molecule has 0 aliphatic heterocycles. The SMILES string of the molecule is CCCN(C(=O)NCC(CC(C)C)C(=O)O)C1CC1. The van der Waals surface area contributed by atoms with Crippen LogP contribution in [-0.4, -0.2) is 41.1 Å². The number of rotatable bonds is 8. The van der Waals surface area contributed by atoms with Crippen LogP contribution in [0.1, 0.15) is 46.5 Å². The highest BCUT2D eigenvalue weighted by Gasteiger charge is 2.32. The van der Waals surface area contributed by atoms with E-state index in [-0.39, 0.29) is 12.6 Å². The van der Waals surface area contributed by atoms with E-state index in [4.69, 9.17) is 5.11 Å². The molecule has 5 heteroatoms. The van der Waals surface area contributed by atoms with Crippen LogP contribution < -0.4 is 5.32 Å². The zero-order chi connectivity index (χ0) is 14.4. The van der Waals surface area contributed by atoms with Gasteiger partial charge in [-0.05, 0) is 31.6 Å². The predicted molar refractivity (Wildman–Crippen MR) is 74.0 cm³/mol. The molecule has 0 bridgehead atoms. The van der Waals surface area contributed by atoms with E-state index in [1.54, 1.807) is 0 Å². The van der Waals surface area contributed by atoms with Gasteiger partial charge in [0.2, 0.25) is 0 Å². The summed E-state index contributed by atoms with van der Waals surface area (Å²) < 4.78 is 0.